The Labute approximate surface area is 209 Å². The van der Waals surface area contributed by atoms with Crippen molar-refractivity contribution >= 4 is 5.91 Å². The van der Waals surface area contributed by atoms with E-state index in [9.17, 15) is 18.0 Å². The Morgan fingerprint density at radius 2 is 1.94 bits per heavy atom. The maximum Gasteiger partial charge on any atom is 0.253 e. The van der Waals surface area contributed by atoms with Gasteiger partial charge in [-0.3, -0.25) is 9.69 Å². The number of likely N-dealkylation sites (tertiary alicyclic amines) is 1. The molecule has 198 valence electrons. The second-order valence-electron chi connectivity index (χ2n) is 10.2. The van der Waals surface area contributed by atoms with Crippen molar-refractivity contribution in [2.75, 3.05) is 32.7 Å². The number of oxazole rings is 1. The molecule has 2 saturated heterocycles. The first-order chi connectivity index (χ1) is 17.0. The maximum absolute atomic E-state index is 14.4. The average molecular weight is 510 g/mol. The largest absolute Gasteiger partial charge is 0.488 e. The summed E-state index contributed by atoms with van der Waals surface area (Å²) in [5.74, 6) is 0.473. The van der Waals surface area contributed by atoms with Gasteiger partial charge in [-0.05, 0) is 44.9 Å². The standard InChI is InChI=1S/C26H34F3N3O4/c1-16(2)21-12-30-24(35-21)22-13-31(14-23(28)29)15-26(36-22)7-9-32(10-8-26)25(33)18-5-6-20(19(27)11-18)34-17(3)4/h5-6,11-12,16-17,22-23H,7-10,13-15H2,1-4H3. The van der Waals surface area contributed by atoms with E-state index in [2.05, 4.69) is 4.98 Å². The second-order valence-corrected chi connectivity index (χ2v) is 10.2. The lowest BCUT2D eigenvalue weighted by Crippen LogP contribution is -2.58. The predicted molar refractivity (Wildman–Crippen MR) is 127 cm³/mol. The molecule has 0 bridgehead atoms. The highest BCUT2D eigenvalue weighted by Crippen LogP contribution is 2.38. The fourth-order valence-corrected chi connectivity index (χ4v) is 4.82. The van der Waals surface area contributed by atoms with Crippen LogP contribution < -0.4 is 4.74 Å². The normalized spacial score (nSPS) is 20.6. The zero-order chi connectivity index (χ0) is 26.0. The van der Waals surface area contributed by atoms with E-state index in [0.29, 0.717) is 44.1 Å². The van der Waals surface area contributed by atoms with E-state index < -0.39 is 23.9 Å². The average Bonchev–Trinajstić information content (AvgIpc) is 3.30. The third-order valence-electron chi connectivity index (χ3n) is 6.61. The molecule has 2 aromatic rings. The molecule has 1 aromatic carbocycles. The highest BCUT2D eigenvalue weighted by Gasteiger charge is 2.45. The smallest absolute Gasteiger partial charge is 0.253 e. The fraction of sp³-hybridized carbons (Fsp3) is 0.615. The van der Waals surface area contributed by atoms with Crippen LogP contribution in [0.2, 0.25) is 0 Å². The lowest BCUT2D eigenvalue weighted by molar-refractivity contribution is -0.186. The summed E-state index contributed by atoms with van der Waals surface area (Å²) in [4.78, 5) is 20.8. The van der Waals surface area contributed by atoms with Gasteiger partial charge < -0.3 is 18.8 Å². The first-order valence-corrected chi connectivity index (χ1v) is 12.4. The van der Waals surface area contributed by atoms with Gasteiger partial charge in [-0.15, -0.1) is 0 Å². The van der Waals surface area contributed by atoms with Crippen molar-refractivity contribution in [3.63, 3.8) is 0 Å². The van der Waals surface area contributed by atoms with Crippen molar-refractivity contribution < 1.29 is 31.9 Å². The van der Waals surface area contributed by atoms with Crippen molar-refractivity contribution in [3.05, 3.63) is 47.4 Å². The Balaban J connectivity index is 1.46. The Hall–Kier alpha value is -2.59. The number of carbonyl (C=O) groups is 1. The number of morpholine rings is 1. The molecule has 7 nitrogen and oxygen atoms in total. The molecule has 2 aliphatic heterocycles. The maximum atomic E-state index is 14.4. The number of halogens is 3. The first kappa shape index (κ1) is 26.5. The number of hydrogen-bond acceptors (Lipinski definition) is 6. The number of benzene rings is 1. The Morgan fingerprint density at radius 1 is 1.22 bits per heavy atom. The van der Waals surface area contributed by atoms with Gasteiger partial charge in [0, 0.05) is 37.7 Å². The molecule has 1 spiro atoms. The molecule has 3 heterocycles. The highest BCUT2D eigenvalue weighted by atomic mass is 19.3. The molecule has 0 N–H and O–H groups in total. The molecular weight excluding hydrogens is 475 g/mol. The van der Waals surface area contributed by atoms with E-state index in [1.807, 2.05) is 13.8 Å². The Bertz CT molecular complexity index is 1050. The minimum absolute atomic E-state index is 0.104. The van der Waals surface area contributed by atoms with Gasteiger partial charge in [-0.1, -0.05) is 13.8 Å². The number of piperidine rings is 1. The number of carbonyl (C=O) groups excluding carboxylic acids is 1. The summed E-state index contributed by atoms with van der Waals surface area (Å²) in [6.07, 6.45) is -0.657. The van der Waals surface area contributed by atoms with Crippen LogP contribution in [0.1, 0.15) is 74.6 Å². The van der Waals surface area contributed by atoms with E-state index in [-0.39, 0.29) is 42.3 Å². The first-order valence-electron chi connectivity index (χ1n) is 12.4. The van der Waals surface area contributed by atoms with Crippen LogP contribution in [0.25, 0.3) is 0 Å². The van der Waals surface area contributed by atoms with Crippen LogP contribution in [-0.2, 0) is 4.74 Å². The van der Waals surface area contributed by atoms with Crippen LogP contribution in [0.15, 0.2) is 28.8 Å². The predicted octanol–water partition coefficient (Wildman–Crippen LogP) is 5.04. The molecule has 1 aromatic heterocycles. The van der Waals surface area contributed by atoms with Crippen molar-refractivity contribution in [3.8, 4) is 5.75 Å². The summed E-state index contributed by atoms with van der Waals surface area (Å²) >= 11 is 0. The number of nitrogens with zero attached hydrogens (tertiary/aromatic N) is 3. The lowest BCUT2D eigenvalue weighted by atomic mass is 9.88. The lowest BCUT2D eigenvalue weighted by Gasteiger charge is -2.49. The minimum atomic E-state index is -2.48. The number of alkyl halides is 2. The number of aromatic nitrogens is 1. The van der Waals surface area contributed by atoms with Gasteiger partial charge in [0.05, 0.1) is 24.4 Å². The van der Waals surface area contributed by atoms with E-state index in [4.69, 9.17) is 13.9 Å². The summed E-state index contributed by atoms with van der Waals surface area (Å²) in [5.41, 5.74) is -0.469. The van der Waals surface area contributed by atoms with E-state index in [0.717, 1.165) is 0 Å². The third kappa shape index (κ3) is 6.03. The monoisotopic (exact) mass is 509 g/mol. The molecule has 10 heteroatoms. The molecule has 4 rings (SSSR count). The molecule has 1 unspecified atom stereocenters. The molecule has 1 amide bonds. The quantitative estimate of drug-likeness (QED) is 0.521. The van der Waals surface area contributed by atoms with Crippen LogP contribution in [0, 0.1) is 5.82 Å². The number of hydrogen-bond donors (Lipinski definition) is 0. The number of amides is 1. The summed E-state index contributed by atoms with van der Waals surface area (Å²) in [6, 6.07) is 4.21. The molecule has 0 radical (unpaired) electrons. The van der Waals surface area contributed by atoms with Gasteiger partial charge in [0.1, 0.15) is 11.9 Å². The molecule has 0 aliphatic carbocycles. The van der Waals surface area contributed by atoms with Gasteiger partial charge in [0.15, 0.2) is 11.6 Å². The second kappa shape index (κ2) is 10.8. The molecule has 0 saturated carbocycles. The van der Waals surface area contributed by atoms with Crippen LogP contribution >= 0.6 is 0 Å². The summed E-state index contributed by atoms with van der Waals surface area (Å²) in [5, 5.41) is 0. The zero-order valence-corrected chi connectivity index (χ0v) is 21.2. The van der Waals surface area contributed by atoms with Crippen LogP contribution in [0.5, 0.6) is 5.75 Å². The third-order valence-corrected chi connectivity index (χ3v) is 6.61. The molecular formula is C26H34F3N3O4. The van der Waals surface area contributed by atoms with Gasteiger partial charge in [-0.25, -0.2) is 18.2 Å². The van der Waals surface area contributed by atoms with Gasteiger partial charge in [0.25, 0.3) is 12.3 Å². The minimum Gasteiger partial charge on any atom is -0.488 e. The number of rotatable bonds is 7. The van der Waals surface area contributed by atoms with Gasteiger partial charge >= 0.3 is 0 Å². The highest BCUT2D eigenvalue weighted by molar-refractivity contribution is 5.94. The topological polar surface area (TPSA) is 68.0 Å². The van der Waals surface area contributed by atoms with Crippen molar-refractivity contribution in [2.24, 2.45) is 0 Å². The van der Waals surface area contributed by atoms with E-state index >= 15 is 0 Å². The number of ether oxygens (including phenoxy) is 2. The molecule has 2 aliphatic rings. The summed E-state index contributed by atoms with van der Waals surface area (Å²) in [7, 11) is 0. The zero-order valence-electron chi connectivity index (χ0n) is 21.2. The van der Waals surface area contributed by atoms with Crippen LogP contribution in [-0.4, -0.2) is 71.5 Å². The SMILES string of the molecule is CC(C)Oc1ccc(C(=O)N2CCC3(CC2)CN(CC(F)F)CC(c2ncc(C(C)C)o2)O3)cc1F. The molecule has 2 fully saturated rings. The van der Waals surface area contributed by atoms with E-state index in [1.54, 1.807) is 35.9 Å². The fourth-order valence-electron chi connectivity index (χ4n) is 4.82. The van der Waals surface area contributed by atoms with Crippen molar-refractivity contribution in [1.82, 2.24) is 14.8 Å². The van der Waals surface area contributed by atoms with E-state index in [1.165, 1.54) is 12.1 Å². The van der Waals surface area contributed by atoms with Crippen molar-refractivity contribution in [2.45, 2.75) is 70.7 Å². The molecule has 1 atom stereocenters. The Kier molecular flexibility index (Phi) is 7.94. The summed E-state index contributed by atoms with van der Waals surface area (Å²) in [6.45, 7) is 8.53. The molecule has 36 heavy (non-hydrogen) atoms. The van der Waals surface area contributed by atoms with Crippen LogP contribution in [0.3, 0.4) is 0 Å². The summed E-state index contributed by atoms with van der Waals surface area (Å²) < 4.78 is 58.7. The van der Waals surface area contributed by atoms with Crippen LogP contribution in [0.4, 0.5) is 13.2 Å². The van der Waals surface area contributed by atoms with Gasteiger partial charge in [-0.2, -0.15) is 0 Å². The van der Waals surface area contributed by atoms with Gasteiger partial charge in [0.2, 0.25) is 5.89 Å². The van der Waals surface area contributed by atoms with Crippen molar-refractivity contribution in [1.29, 1.82) is 0 Å². The Morgan fingerprint density at radius 3 is 2.53 bits per heavy atom.